The normalized spacial score (nSPS) is 22.1. The molecule has 47 heavy (non-hydrogen) atoms. The van der Waals surface area contributed by atoms with Crippen LogP contribution in [0.15, 0.2) is 89.9 Å². The van der Waals surface area contributed by atoms with E-state index in [2.05, 4.69) is 32.2 Å². The summed E-state index contributed by atoms with van der Waals surface area (Å²) >= 11 is 0. The molecule has 9 nitrogen and oxygen atoms in total. The standard InChI is InChI=1S/C37H42N2O7Si/c1-24-34(47(5,6)29-15-12-27(43-2)13-16-29)32(18-20-40)46-37(24)30-22-28(44-3)14-17-31(30)39(36(37)42)23-25-9-7-10-26(21-25)38-19-8-11-33(45-4)35(38)41/h7-17,19,21-22,24,32,34,40H,18,20,23H2,1-6H3/t24-,32+,34-,37+/m1/s1. The monoisotopic (exact) mass is 654 g/mol. The summed E-state index contributed by atoms with van der Waals surface area (Å²) in [5.41, 5.74) is 1.56. The van der Waals surface area contributed by atoms with E-state index < -0.39 is 13.7 Å². The molecule has 6 rings (SSSR count). The van der Waals surface area contributed by atoms with E-state index in [1.54, 1.807) is 37.4 Å². The molecule has 1 fully saturated rings. The average Bonchev–Trinajstić information content (AvgIpc) is 3.51. The third-order valence-electron chi connectivity index (χ3n) is 10.1. The molecule has 0 radical (unpaired) electrons. The Morgan fingerprint density at radius 1 is 0.894 bits per heavy atom. The lowest BCUT2D eigenvalue weighted by Gasteiger charge is -2.37. The number of hydrogen-bond acceptors (Lipinski definition) is 7. The van der Waals surface area contributed by atoms with Crippen molar-refractivity contribution in [1.29, 1.82) is 0 Å². The van der Waals surface area contributed by atoms with E-state index in [4.69, 9.17) is 18.9 Å². The molecule has 246 valence electrons. The first kappa shape index (κ1) is 32.6. The molecule has 1 saturated heterocycles. The highest BCUT2D eigenvalue weighted by atomic mass is 28.3. The maximum atomic E-state index is 15.0. The lowest BCUT2D eigenvalue weighted by atomic mass is 9.82. The Bertz CT molecular complexity index is 1840. The van der Waals surface area contributed by atoms with Gasteiger partial charge in [-0.2, -0.15) is 0 Å². The van der Waals surface area contributed by atoms with E-state index in [0.29, 0.717) is 17.9 Å². The van der Waals surface area contributed by atoms with Crippen LogP contribution in [0.25, 0.3) is 5.69 Å². The zero-order chi connectivity index (χ0) is 33.5. The summed E-state index contributed by atoms with van der Waals surface area (Å²) < 4.78 is 24.9. The Hall–Kier alpha value is -4.38. The van der Waals surface area contributed by atoms with Crippen molar-refractivity contribution in [2.24, 2.45) is 5.92 Å². The number of benzene rings is 3. The highest BCUT2D eigenvalue weighted by molar-refractivity contribution is 6.91. The minimum absolute atomic E-state index is 0.0225. The van der Waals surface area contributed by atoms with Crippen molar-refractivity contribution in [1.82, 2.24) is 4.57 Å². The first-order valence-electron chi connectivity index (χ1n) is 15.9. The van der Waals surface area contributed by atoms with Crippen molar-refractivity contribution in [2.45, 2.75) is 50.2 Å². The molecule has 2 aliphatic rings. The van der Waals surface area contributed by atoms with Gasteiger partial charge in [-0.3, -0.25) is 14.2 Å². The van der Waals surface area contributed by atoms with Gasteiger partial charge in [0.05, 0.1) is 47.7 Å². The number of pyridine rings is 1. The number of amides is 1. The topological polar surface area (TPSA) is 99.5 Å². The fraction of sp³-hybridized carbons (Fsp3) is 0.351. The number of nitrogens with zero attached hydrogens (tertiary/aromatic N) is 2. The van der Waals surface area contributed by atoms with Crippen LogP contribution in [0.3, 0.4) is 0 Å². The molecular formula is C37H42N2O7Si. The Morgan fingerprint density at radius 2 is 1.62 bits per heavy atom. The van der Waals surface area contributed by atoms with E-state index in [1.165, 1.54) is 16.9 Å². The number of anilines is 1. The molecule has 0 unspecified atom stereocenters. The Labute approximate surface area is 276 Å². The van der Waals surface area contributed by atoms with E-state index >= 15 is 0 Å². The number of carbonyl (C=O) groups excluding carboxylic acids is 1. The van der Waals surface area contributed by atoms with Gasteiger partial charge in [-0.1, -0.05) is 49.5 Å². The van der Waals surface area contributed by atoms with Crippen LogP contribution in [0, 0.1) is 5.92 Å². The van der Waals surface area contributed by atoms with Crippen molar-refractivity contribution in [3.05, 3.63) is 107 Å². The minimum atomic E-state index is -2.30. The molecule has 10 heteroatoms. The van der Waals surface area contributed by atoms with Crippen molar-refractivity contribution in [3.8, 4) is 22.9 Å². The first-order valence-corrected chi connectivity index (χ1v) is 19.0. The quantitative estimate of drug-likeness (QED) is 0.240. The van der Waals surface area contributed by atoms with E-state index in [9.17, 15) is 14.7 Å². The number of carbonyl (C=O) groups is 1. The predicted octanol–water partition coefficient (Wildman–Crippen LogP) is 5.01. The lowest BCUT2D eigenvalue weighted by Crippen LogP contribution is -2.51. The van der Waals surface area contributed by atoms with Crippen LogP contribution < -0.4 is 29.9 Å². The van der Waals surface area contributed by atoms with Gasteiger partial charge in [0.2, 0.25) is 0 Å². The fourth-order valence-electron chi connectivity index (χ4n) is 7.79. The van der Waals surface area contributed by atoms with Crippen molar-refractivity contribution in [3.63, 3.8) is 0 Å². The summed E-state index contributed by atoms with van der Waals surface area (Å²) in [6.45, 7) is 6.99. The molecule has 3 heterocycles. The van der Waals surface area contributed by atoms with Crippen LogP contribution in [0.2, 0.25) is 18.6 Å². The zero-order valence-electron chi connectivity index (χ0n) is 27.7. The van der Waals surface area contributed by atoms with Crippen LogP contribution in [0.1, 0.15) is 24.5 Å². The largest absolute Gasteiger partial charge is 0.497 e. The Kier molecular flexibility index (Phi) is 8.77. The highest BCUT2D eigenvalue weighted by Gasteiger charge is 2.66. The average molecular weight is 655 g/mol. The summed E-state index contributed by atoms with van der Waals surface area (Å²) in [6, 6.07) is 24.9. The van der Waals surface area contributed by atoms with E-state index in [0.717, 1.165) is 22.6 Å². The number of ether oxygens (including phenoxy) is 4. The van der Waals surface area contributed by atoms with Gasteiger partial charge in [-0.05, 0) is 72.1 Å². The number of aliphatic hydroxyl groups is 1. The lowest BCUT2D eigenvalue weighted by molar-refractivity contribution is -0.146. The first-order chi connectivity index (χ1) is 22.6. The summed E-state index contributed by atoms with van der Waals surface area (Å²) in [4.78, 5) is 29.7. The van der Waals surface area contributed by atoms with E-state index in [1.807, 2.05) is 54.6 Å². The summed E-state index contributed by atoms with van der Waals surface area (Å²) in [6.07, 6.45) is 1.80. The molecule has 0 bridgehead atoms. The molecule has 1 N–H and O–H groups in total. The highest BCUT2D eigenvalue weighted by Crippen LogP contribution is 2.60. The molecule has 1 spiro atoms. The second-order valence-electron chi connectivity index (χ2n) is 12.9. The second-order valence-corrected chi connectivity index (χ2v) is 17.6. The van der Waals surface area contributed by atoms with Crippen molar-refractivity contribution in [2.75, 3.05) is 32.8 Å². The van der Waals surface area contributed by atoms with Gasteiger partial charge in [-0.15, -0.1) is 0 Å². The molecule has 2 aliphatic heterocycles. The molecule has 3 aromatic carbocycles. The van der Waals surface area contributed by atoms with Gasteiger partial charge in [0.15, 0.2) is 11.4 Å². The second kappa shape index (κ2) is 12.7. The van der Waals surface area contributed by atoms with Gasteiger partial charge in [0.1, 0.15) is 11.5 Å². The molecule has 1 amide bonds. The van der Waals surface area contributed by atoms with Gasteiger partial charge in [0, 0.05) is 30.0 Å². The third kappa shape index (κ3) is 5.34. The Balaban J connectivity index is 1.42. The fourth-order valence-corrected chi connectivity index (χ4v) is 11.9. The number of fused-ring (bicyclic) bond motifs is 2. The van der Waals surface area contributed by atoms with Gasteiger partial charge < -0.3 is 29.0 Å². The molecule has 0 aliphatic carbocycles. The van der Waals surface area contributed by atoms with Crippen molar-refractivity contribution < 1.29 is 28.8 Å². The maximum absolute atomic E-state index is 15.0. The molecule has 4 aromatic rings. The summed E-state index contributed by atoms with van der Waals surface area (Å²) in [7, 11) is 2.44. The van der Waals surface area contributed by atoms with Crippen LogP contribution in [-0.2, 0) is 21.7 Å². The van der Waals surface area contributed by atoms with Crippen LogP contribution in [0.4, 0.5) is 5.69 Å². The number of aliphatic hydroxyl groups excluding tert-OH is 1. The number of aromatic nitrogens is 1. The molecule has 1 aromatic heterocycles. The third-order valence-corrected chi connectivity index (χ3v) is 14.5. The van der Waals surface area contributed by atoms with Crippen LogP contribution in [0.5, 0.6) is 17.2 Å². The minimum Gasteiger partial charge on any atom is -0.497 e. The van der Waals surface area contributed by atoms with Crippen LogP contribution in [-0.4, -0.2) is 57.7 Å². The SMILES string of the molecule is COc1ccc([Si](C)(C)[C@H]2[C@H](CCO)O[C@@]3(C(=O)N(Cc4cccc(-n5cccc(OC)c5=O)c4)c4ccc(OC)cc43)[C@@H]2C)cc1. The predicted molar refractivity (Wildman–Crippen MR) is 184 cm³/mol. The Morgan fingerprint density at radius 3 is 2.30 bits per heavy atom. The zero-order valence-corrected chi connectivity index (χ0v) is 28.7. The molecule has 4 atom stereocenters. The maximum Gasteiger partial charge on any atom is 0.297 e. The smallest absolute Gasteiger partial charge is 0.297 e. The van der Waals surface area contributed by atoms with Gasteiger partial charge >= 0.3 is 0 Å². The summed E-state index contributed by atoms with van der Waals surface area (Å²) in [5.74, 6) is 1.34. The van der Waals surface area contributed by atoms with Crippen molar-refractivity contribution >= 4 is 24.9 Å². The van der Waals surface area contributed by atoms with Gasteiger partial charge in [-0.25, -0.2) is 0 Å². The van der Waals surface area contributed by atoms with Crippen LogP contribution >= 0.6 is 0 Å². The molecular weight excluding hydrogens is 613 g/mol. The number of rotatable bonds is 10. The number of hydrogen-bond donors (Lipinski definition) is 1. The summed E-state index contributed by atoms with van der Waals surface area (Å²) in [5, 5.41) is 11.4. The van der Waals surface area contributed by atoms with Gasteiger partial charge in [0.25, 0.3) is 11.5 Å². The van der Waals surface area contributed by atoms with E-state index in [-0.39, 0.29) is 47.9 Å². The number of methoxy groups -OCH3 is 3. The molecule has 0 saturated carbocycles.